The maximum absolute atomic E-state index is 13.7. The van der Waals surface area contributed by atoms with Crippen LogP contribution in [0, 0.1) is 5.82 Å². The molecule has 0 aliphatic carbocycles. The van der Waals surface area contributed by atoms with E-state index in [0.717, 1.165) is 25.9 Å². The van der Waals surface area contributed by atoms with Crippen molar-refractivity contribution in [2.45, 2.75) is 18.9 Å². The Bertz CT molecular complexity index is 362. The summed E-state index contributed by atoms with van der Waals surface area (Å²) in [5.74, 6) is 0.488. The summed E-state index contributed by atoms with van der Waals surface area (Å²) in [6.07, 6.45) is 1.83. The minimum absolute atomic E-state index is 0.198. The monoisotopic (exact) mass is 224 g/mol. The first-order valence-corrected chi connectivity index (χ1v) is 5.55. The van der Waals surface area contributed by atoms with Gasteiger partial charge in [0.1, 0.15) is 11.6 Å². The van der Waals surface area contributed by atoms with Gasteiger partial charge in [0.05, 0.1) is 12.8 Å². The average molecular weight is 224 g/mol. The van der Waals surface area contributed by atoms with Crippen LogP contribution >= 0.6 is 0 Å². The van der Waals surface area contributed by atoms with E-state index in [-0.39, 0.29) is 11.9 Å². The molecule has 1 aromatic carbocycles. The number of benzene rings is 1. The summed E-state index contributed by atoms with van der Waals surface area (Å²) in [4.78, 5) is 2.03. The molecule has 0 saturated carbocycles. The van der Waals surface area contributed by atoms with E-state index in [4.69, 9.17) is 10.5 Å². The van der Waals surface area contributed by atoms with Crippen molar-refractivity contribution in [3.8, 4) is 5.75 Å². The average Bonchev–Trinajstić information content (AvgIpc) is 2.31. The van der Waals surface area contributed by atoms with E-state index < -0.39 is 0 Å². The lowest BCUT2D eigenvalue weighted by Crippen LogP contribution is -2.40. The zero-order chi connectivity index (χ0) is 11.5. The van der Waals surface area contributed by atoms with Gasteiger partial charge in [-0.25, -0.2) is 4.39 Å². The lowest BCUT2D eigenvalue weighted by molar-refractivity contribution is 0.413. The second kappa shape index (κ2) is 4.70. The molecular weight excluding hydrogens is 207 g/mol. The Hall–Kier alpha value is -1.29. The van der Waals surface area contributed by atoms with E-state index in [1.54, 1.807) is 19.2 Å². The summed E-state index contributed by atoms with van der Waals surface area (Å²) in [7, 11) is 1.59. The third kappa shape index (κ3) is 2.27. The summed E-state index contributed by atoms with van der Waals surface area (Å²) in [6.45, 7) is 1.62. The first-order chi connectivity index (χ1) is 7.70. The molecule has 1 fully saturated rings. The zero-order valence-corrected chi connectivity index (χ0v) is 9.45. The Labute approximate surface area is 95.0 Å². The number of halogens is 1. The van der Waals surface area contributed by atoms with E-state index in [1.165, 1.54) is 6.07 Å². The smallest absolute Gasteiger partial charge is 0.146 e. The minimum Gasteiger partial charge on any atom is -0.497 e. The number of nitrogens with two attached hydrogens (primary N) is 1. The molecule has 0 bridgehead atoms. The molecule has 3 nitrogen and oxygen atoms in total. The Morgan fingerprint density at radius 2 is 2.06 bits per heavy atom. The van der Waals surface area contributed by atoms with Crippen LogP contribution in [0.25, 0.3) is 0 Å². The van der Waals surface area contributed by atoms with Crippen molar-refractivity contribution in [3.63, 3.8) is 0 Å². The molecule has 0 aromatic heterocycles. The molecule has 1 aliphatic rings. The van der Waals surface area contributed by atoms with Crippen LogP contribution < -0.4 is 15.4 Å². The van der Waals surface area contributed by atoms with Gasteiger partial charge < -0.3 is 15.4 Å². The van der Waals surface area contributed by atoms with E-state index in [1.807, 2.05) is 4.90 Å². The molecule has 1 saturated heterocycles. The molecule has 16 heavy (non-hydrogen) atoms. The fraction of sp³-hybridized carbons (Fsp3) is 0.500. The van der Waals surface area contributed by atoms with Gasteiger partial charge in [-0.15, -0.1) is 0 Å². The van der Waals surface area contributed by atoms with Crippen molar-refractivity contribution in [3.05, 3.63) is 24.0 Å². The van der Waals surface area contributed by atoms with Crippen molar-refractivity contribution < 1.29 is 9.13 Å². The highest BCUT2D eigenvalue weighted by Gasteiger charge is 2.19. The Morgan fingerprint density at radius 3 is 2.69 bits per heavy atom. The lowest BCUT2D eigenvalue weighted by Gasteiger charge is -2.32. The molecule has 4 heteroatoms. The number of anilines is 1. The SMILES string of the molecule is COc1ccc(F)c(N2CCC(N)CC2)c1. The second-order valence-electron chi connectivity index (χ2n) is 4.14. The first-order valence-electron chi connectivity index (χ1n) is 5.55. The molecule has 0 atom stereocenters. The van der Waals surface area contributed by atoms with Crippen LogP contribution in [0.4, 0.5) is 10.1 Å². The number of nitrogens with zero attached hydrogens (tertiary/aromatic N) is 1. The van der Waals surface area contributed by atoms with Crippen LogP contribution in [-0.4, -0.2) is 26.2 Å². The second-order valence-corrected chi connectivity index (χ2v) is 4.14. The number of rotatable bonds is 2. The molecular formula is C12H17FN2O. The Morgan fingerprint density at radius 1 is 1.38 bits per heavy atom. The van der Waals surface area contributed by atoms with Gasteiger partial charge in [0.2, 0.25) is 0 Å². The first kappa shape index (κ1) is 11.2. The van der Waals surface area contributed by atoms with E-state index >= 15 is 0 Å². The highest BCUT2D eigenvalue weighted by molar-refractivity contribution is 5.52. The highest BCUT2D eigenvalue weighted by Crippen LogP contribution is 2.27. The molecule has 1 aromatic rings. The minimum atomic E-state index is -0.198. The number of ether oxygens (including phenoxy) is 1. The van der Waals surface area contributed by atoms with Crippen molar-refractivity contribution in [2.24, 2.45) is 5.73 Å². The molecule has 1 aliphatic heterocycles. The van der Waals surface area contributed by atoms with Crippen molar-refractivity contribution >= 4 is 5.69 Å². The number of hydrogen-bond donors (Lipinski definition) is 1. The molecule has 0 radical (unpaired) electrons. The van der Waals surface area contributed by atoms with E-state index in [0.29, 0.717) is 11.4 Å². The predicted octanol–water partition coefficient (Wildman–Crippen LogP) is 1.76. The number of methoxy groups -OCH3 is 1. The maximum Gasteiger partial charge on any atom is 0.146 e. The molecule has 2 N–H and O–H groups in total. The fourth-order valence-corrected chi connectivity index (χ4v) is 2.00. The van der Waals surface area contributed by atoms with Crippen LogP contribution in [0.2, 0.25) is 0 Å². The van der Waals surface area contributed by atoms with Gasteiger partial charge in [0, 0.05) is 25.2 Å². The summed E-state index contributed by atoms with van der Waals surface area (Å²) >= 11 is 0. The van der Waals surface area contributed by atoms with E-state index in [9.17, 15) is 4.39 Å². The van der Waals surface area contributed by atoms with Crippen molar-refractivity contribution in [1.29, 1.82) is 0 Å². The maximum atomic E-state index is 13.7. The van der Waals surface area contributed by atoms with Gasteiger partial charge in [-0.05, 0) is 25.0 Å². The van der Waals surface area contributed by atoms with Crippen LogP contribution in [0.5, 0.6) is 5.75 Å². The molecule has 1 heterocycles. The van der Waals surface area contributed by atoms with Gasteiger partial charge in [-0.3, -0.25) is 0 Å². The van der Waals surface area contributed by atoms with Crippen LogP contribution in [0.1, 0.15) is 12.8 Å². The molecule has 88 valence electrons. The van der Waals surface area contributed by atoms with Crippen LogP contribution in [-0.2, 0) is 0 Å². The van der Waals surface area contributed by atoms with Crippen LogP contribution in [0.3, 0.4) is 0 Å². The number of hydrogen-bond acceptors (Lipinski definition) is 3. The van der Waals surface area contributed by atoms with Gasteiger partial charge in [0.25, 0.3) is 0 Å². The Balaban J connectivity index is 2.19. The van der Waals surface area contributed by atoms with Gasteiger partial charge in [0.15, 0.2) is 0 Å². The van der Waals surface area contributed by atoms with Crippen LogP contribution in [0.15, 0.2) is 18.2 Å². The zero-order valence-electron chi connectivity index (χ0n) is 9.45. The largest absolute Gasteiger partial charge is 0.497 e. The highest BCUT2D eigenvalue weighted by atomic mass is 19.1. The standard InChI is InChI=1S/C12H17FN2O/c1-16-10-2-3-11(13)12(8-10)15-6-4-9(14)5-7-15/h2-3,8-9H,4-7,14H2,1H3. The summed E-state index contributed by atoms with van der Waals surface area (Å²) in [5.41, 5.74) is 6.44. The molecule has 0 amide bonds. The normalized spacial score (nSPS) is 17.6. The molecule has 0 spiro atoms. The number of piperidine rings is 1. The summed E-state index contributed by atoms with van der Waals surface area (Å²) < 4.78 is 18.8. The quantitative estimate of drug-likeness (QED) is 0.832. The molecule has 2 rings (SSSR count). The Kier molecular flexibility index (Phi) is 3.29. The van der Waals surface area contributed by atoms with Gasteiger partial charge in [-0.1, -0.05) is 0 Å². The molecule has 0 unspecified atom stereocenters. The fourth-order valence-electron chi connectivity index (χ4n) is 2.00. The van der Waals surface area contributed by atoms with Crippen molar-refractivity contribution in [1.82, 2.24) is 0 Å². The predicted molar refractivity (Wildman–Crippen MR) is 62.4 cm³/mol. The van der Waals surface area contributed by atoms with Gasteiger partial charge >= 0.3 is 0 Å². The van der Waals surface area contributed by atoms with Crippen molar-refractivity contribution in [2.75, 3.05) is 25.1 Å². The third-order valence-electron chi connectivity index (χ3n) is 3.03. The van der Waals surface area contributed by atoms with E-state index in [2.05, 4.69) is 0 Å². The summed E-state index contributed by atoms with van der Waals surface area (Å²) in [5, 5.41) is 0. The topological polar surface area (TPSA) is 38.5 Å². The summed E-state index contributed by atoms with van der Waals surface area (Å²) in [6, 6.07) is 5.08. The van der Waals surface area contributed by atoms with Gasteiger partial charge in [-0.2, -0.15) is 0 Å². The lowest BCUT2D eigenvalue weighted by atomic mass is 10.1. The third-order valence-corrected chi connectivity index (χ3v) is 3.03.